The van der Waals surface area contributed by atoms with Gasteiger partial charge in [0.2, 0.25) is 0 Å². The van der Waals surface area contributed by atoms with Crippen molar-refractivity contribution in [3.05, 3.63) is 0 Å². The molecule has 1 heterocycles. The minimum absolute atomic E-state index is 0.321. The van der Waals surface area contributed by atoms with Crippen LogP contribution in [0.25, 0.3) is 0 Å². The molecule has 2 unspecified atom stereocenters. The van der Waals surface area contributed by atoms with Crippen LogP contribution >= 0.6 is 0 Å². The Hall–Kier alpha value is -0.120. The van der Waals surface area contributed by atoms with E-state index in [1.165, 1.54) is 19.3 Å². The Labute approximate surface area is 99.9 Å². The predicted octanol–water partition coefficient (Wildman–Crippen LogP) is 2.21. The van der Waals surface area contributed by atoms with Gasteiger partial charge in [-0.05, 0) is 46.0 Å². The van der Waals surface area contributed by atoms with Crippen molar-refractivity contribution in [3.63, 3.8) is 0 Å². The number of hydrogen-bond donors (Lipinski definition) is 1. The van der Waals surface area contributed by atoms with Gasteiger partial charge in [-0.15, -0.1) is 0 Å². The van der Waals surface area contributed by atoms with E-state index in [9.17, 15) is 0 Å². The van der Waals surface area contributed by atoms with Gasteiger partial charge < -0.3 is 14.8 Å². The van der Waals surface area contributed by atoms with E-state index in [-0.39, 0.29) is 0 Å². The normalized spacial score (nSPS) is 21.9. The molecule has 0 aromatic carbocycles. The van der Waals surface area contributed by atoms with Crippen LogP contribution in [0.5, 0.6) is 0 Å². The molecule has 0 bridgehead atoms. The second-order valence-electron chi connectivity index (χ2n) is 4.87. The highest BCUT2D eigenvalue weighted by Crippen LogP contribution is 2.19. The van der Waals surface area contributed by atoms with Crippen molar-refractivity contribution in [2.75, 3.05) is 26.4 Å². The highest BCUT2D eigenvalue weighted by molar-refractivity contribution is 4.71. The summed E-state index contributed by atoms with van der Waals surface area (Å²) in [5.74, 6) is 0.846. The summed E-state index contributed by atoms with van der Waals surface area (Å²) in [5, 5.41) is 3.55. The fourth-order valence-electron chi connectivity index (χ4n) is 2.28. The Kier molecular flexibility index (Phi) is 7.01. The van der Waals surface area contributed by atoms with E-state index in [4.69, 9.17) is 9.47 Å². The Morgan fingerprint density at radius 1 is 1.31 bits per heavy atom. The summed E-state index contributed by atoms with van der Waals surface area (Å²) in [6, 6.07) is 0.589. The van der Waals surface area contributed by atoms with Crippen molar-refractivity contribution in [3.8, 4) is 0 Å². The topological polar surface area (TPSA) is 30.5 Å². The maximum atomic E-state index is 5.50. The molecule has 96 valence electrons. The molecule has 0 saturated carbocycles. The van der Waals surface area contributed by atoms with Gasteiger partial charge in [-0.3, -0.25) is 0 Å². The minimum atomic E-state index is 0.321. The number of nitrogens with one attached hydrogen (secondary N) is 1. The first kappa shape index (κ1) is 13.9. The van der Waals surface area contributed by atoms with Gasteiger partial charge in [0.05, 0.1) is 6.10 Å². The molecule has 1 fully saturated rings. The Morgan fingerprint density at radius 2 is 2.00 bits per heavy atom. The van der Waals surface area contributed by atoms with Crippen LogP contribution in [0.15, 0.2) is 0 Å². The van der Waals surface area contributed by atoms with Crippen molar-refractivity contribution >= 4 is 0 Å². The molecule has 2 atom stereocenters. The van der Waals surface area contributed by atoms with Crippen LogP contribution in [0, 0.1) is 5.92 Å². The summed E-state index contributed by atoms with van der Waals surface area (Å²) in [6.45, 7) is 10.1. The summed E-state index contributed by atoms with van der Waals surface area (Å²) in [4.78, 5) is 0. The van der Waals surface area contributed by atoms with Gasteiger partial charge in [-0.1, -0.05) is 0 Å². The SMILES string of the molecule is CCOC(C)CNC(C)CC1CCOCC1. The molecular formula is C13H27NO2. The number of rotatable bonds is 7. The van der Waals surface area contributed by atoms with Crippen molar-refractivity contribution in [1.82, 2.24) is 5.32 Å². The molecule has 1 rings (SSSR count). The quantitative estimate of drug-likeness (QED) is 0.726. The van der Waals surface area contributed by atoms with Crippen LogP contribution in [0.1, 0.15) is 40.0 Å². The first-order valence-corrected chi connectivity index (χ1v) is 6.65. The first-order valence-electron chi connectivity index (χ1n) is 6.65. The predicted molar refractivity (Wildman–Crippen MR) is 66.7 cm³/mol. The van der Waals surface area contributed by atoms with E-state index in [1.807, 2.05) is 6.92 Å². The van der Waals surface area contributed by atoms with Crippen LogP contribution in [-0.4, -0.2) is 38.5 Å². The molecule has 0 amide bonds. The van der Waals surface area contributed by atoms with Gasteiger partial charge in [-0.25, -0.2) is 0 Å². The largest absolute Gasteiger partial charge is 0.381 e. The van der Waals surface area contributed by atoms with Crippen molar-refractivity contribution < 1.29 is 9.47 Å². The fraction of sp³-hybridized carbons (Fsp3) is 1.00. The second kappa shape index (κ2) is 8.04. The standard InChI is InChI=1S/C13H27NO2/c1-4-16-12(3)10-14-11(2)9-13-5-7-15-8-6-13/h11-14H,4-10H2,1-3H3. The third-order valence-corrected chi connectivity index (χ3v) is 3.23. The summed E-state index contributed by atoms with van der Waals surface area (Å²) in [7, 11) is 0. The monoisotopic (exact) mass is 229 g/mol. The minimum Gasteiger partial charge on any atom is -0.381 e. The van der Waals surface area contributed by atoms with Gasteiger partial charge >= 0.3 is 0 Å². The van der Waals surface area contributed by atoms with E-state index in [1.54, 1.807) is 0 Å². The van der Waals surface area contributed by atoms with E-state index >= 15 is 0 Å². The van der Waals surface area contributed by atoms with Gasteiger partial charge in [0.1, 0.15) is 0 Å². The summed E-state index contributed by atoms with van der Waals surface area (Å²) < 4.78 is 10.9. The van der Waals surface area contributed by atoms with E-state index < -0.39 is 0 Å². The molecule has 16 heavy (non-hydrogen) atoms. The Balaban J connectivity index is 2.07. The molecule has 1 N–H and O–H groups in total. The zero-order chi connectivity index (χ0) is 11.8. The highest BCUT2D eigenvalue weighted by Gasteiger charge is 2.16. The Morgan fingerprint density at radius 3 is 2.62 bits per heavy atom. The third-order valence-electron chi connectivity index (χ3n) is 3.23. The summed E-state index contributed by atoms with van der Waals surface area (Å²) >= 11 is 0. The van der Waals surface area contributed by atoms with Crippen molar-refractivity contribution in [2.24, 2.45) is 5.92 Å². The molecule has 0 aliphatic carbocycles. The number of hydrogen-bond acceptors (Lipinski definition) is 3. The van der Waals surface area contributed by atoms with Gasteiger partial charge in [0.15, 0.2) is 0 Å². The lowest BCUT2D eigenvalue weighted by Gasteiger charge is -2.26. The van der Waals surface area contributed by atoms with Crippen LogP contribution in [0.3, 0.4) is 0 Å². The summed E-state index contributed by atoms with van der Waals surface area (Å²) in [6.07, 6.45) is 4.05. The molecule has 0 aromatic heterocycles. The maximum absolute atomic E-state index is 5.50. The molecule has 3 nitrogen and oxygen atoms in total. The third kappa shape index (κ3) is 5.83. The summed E-state index contributed by atoms with van der Waals surface area (Å²) in [5.41, 5.74) is 0. The number of ether oxygens (including phenoxy) is 2. The van der Waals surface area contributed by atoms with Gasteiger partial charge in [0, 0.05) is 32.4 Å². The molecule has 0 radical (unpaired) electrons. The second-order valence-corrected chi connectivity index (χ2v) is 4.87. The molecule has 0 aromatic rings. The average molecular weight is 229 g/mol. The molecule has 1 aliphatic rings. The van der Waals surface area contributed by atoms with E-state index in [0.29, 0.717) is 12.1 Å². The lowest BCUT2D eigenvalue weighted by molar-refractivity contribution is 0.0570. The van der Waals surface area contributed by atoms with Crippen LogP contribution in [0.4, 0.5) is 0 Å². The van der Waals surface area contributed by atoms with E-state index in [2.05, 4.69) is 19.2 Å². The Bertz CT molecular complexity index is 169. The zero-order valence-electron chi connectivity index (χ0n) is 11.0. The fourth-order valence-corrected chi connectivity index (χ4v) is 2.28. The van der Waals surface area contributed by atoms with Crippen molar-refractivity contribution in [1.29, 1.82) is 0 Å². The van der Waals surface area contributed by atoms with E-state index in [0.717, 1.165) is 32.3 Å². The van der Waals surface area contributed by atoms with Gasteiger partial charge in [0.25, 0.3) is 0 Å². The van der Waals surface area contributed by atoms with Crippen LogP contribution in [-0.2, 0) is 9.47 Å². The first-order chi connectivity index (χ1) is 7.72. The molecular weight excluding hydrogens is 202 g/mol. The average Bonchev–Trinajstić information content (AvgIpc) is 2.28. The molecule has 0 spiro atoms. The van der Waals surface area contributed by atoms with Gasteiger partial charge in [-0.2, -0.15) is 0 Å². The maximum Gasteiger partial charge on any atom is 0.0671 e. The lowest BCUT2D eigenvalue weighted by atomic mass is 9.93. The lowest BCUT2D eigenvalue weighted by Crippen LogP contribution is -2.35. The highest BCUT2D eigenvalue weighted by atomic mass is 16.5. The molecule has 1 saturated heterocycles. The van der Waals surface area contributed by atoms with Crippen LogP contribution < -0.4 is 5.32 Å². The van der Waals surface area contributed by atoms with Crippen LogP contribution in [0.2, 0.25) is 0 Å². The zero-order valence-corrected chi connectivity index (χ0v) is 11.0. The van der Waals surface area contributed by atoms with Crippen molar-refractivity contribution in [2.45, 2.75) is 52.2 Å². The smallest absolute Gasteiger partial charge is 0.0671 e. The molecule has 1 aliphatic heterocycles. The molecule has 3 heteroatoms.